The predicted octanol–water partition coefficient (Wildman–Crippen LogP) is 1.47. The Morgan fingerprint density at radius 2 is 1.81 bits per heavy atom. The third kappa shape index (κ3) is 3.65. The van der Waals surface area contributed by atoms with E-state index in [-0.39, 0.29) is 30.7 Å². The summed E-state index contributed by atoms with van der Waals surface area (Å²) in [6, 6.07) is 8.23. The summed E-state index contributed by atoms with van der Waals surface area (Å²) in [6.45, 7) is 1.38. The molecule has 2 aliphatic heterocycles. The number of piperazine rings is 1. The van der Waals surface area contributed by atoms with Crippen molar-refractivity contribution >= 4 is 15.9 Å². The summed E-state index contributed by atoms with van der Waals surface area (Å²) in [4.78, 5) is 14.2. The standard InChI is InChI=1S/C18H20N2O6S/c21-18(6-3-14-2-1-11-24-14)19-7-9-20(10-8-19)27(22,23)15-4-5-16-17(12-15)26-13-25-16/h1-2,4-5,11-12H,3,6-10,13H2. The molecule has 3 heterocycles. The van der Waals surface area contributed by atoms with Gasteiger partial charge in [0.25, 0.3) is 0 Å². The van der Waals surface area contributed by atoms with Crippen LogP contribution in [-0.2, 0) is 21.2 Å². The normalized spacial score (nSPS) is 17.3. The molecule has 2 aromatic rings. The van der Waals surface area contributed by atoms with Crippen molar-refractivity contribution in [3.63, 3.8) is 0 Å². The Balaban J connectivity index is 1.36. The number of carbonyl (C=O) groups is 1. The first-order valence-corrected chi connectivity index (χ1v) is 10.2. The molecule has 0 aliphatic carbocycles. The third-order valence-electron chi connectivity index (χ3n) is 4.74. The first-order valence-electron chi connectivity index (χ1n) is 8.74. The van der Waals surface area contributed by atoms with Crippen LogP contribution in [0, 0.1) is 0 Å². The fourth-order valence-electron chi connectivity index (χ4n) is 3.21. The number of hydrogen-bond acceptors (Lipinski definition) is 6. The van der Waals surface area contributed by atoms with Crippen molar-refractivity contribution in [3.05, 3.63) is 42.4 Å². The van der Waals surface area contributed by atoms with Crippen molar-refractivity contribution in [2.24, 2.45) is 0 Å². The summed E-state index contributed by atoms with van der Waals surface area (Å²) in [6.07, 6.45) is 2.48. The van der Waals surface area contributed by atoms with Crippen LogP contribution in [0.4, 0.5) is 0 Å². The maximum atomic E-state index is 12.9. The summed E-state index contributed by atoms with van der Waals surface area (Å²) in [5, 5.41) is 0. The second kappa shape index (κ2) is 7.24. The molecule has 144 valence electrons. The lowest BCUT2D eigenvalue weighted by Crippen LogP contribution is -2.50. The van der Waals surface area contributed by atoms with Crippen LogP contribution >= 0.6 is 0 Å². The van der Waals surface area contributed by atoms with Crippen molar-refractivity contribution in [2.75, 3.05) is 33.0 Å². The molecule has 0 bridgehead atoms. The van der Waals surface area contributed by atoms with Crippen molar-refractivity contribution < 1.29 is 27.1 Å². The van der Waals surface area contributed by atoms with Gasteiger partial charge in [0.2, 0.25) is 22.7 Å². The third-order valence-corrected chi connectivity index (χ3v) is 6.63. The summed E-state index contributed by atoms with van der Waals surface area (Å²) >= 11 is 0. The van der Waals surface area contributed by atoms with Gasteiger partial charge in [-0.1, -0.05) is 0 Å². The lowest BCUT2D eigenvalue weighted by Gasteiger charge is -2.34. The quantitative estimate of drug-likeness (QED) is 0.766. The molecule has 0 saturated carbocycles. The van der Waals surface area contributed by atoms with Gasteiger partial charge in [-0.2, -0.15) is 4.31 Å². The minimum Gasteiger partial charge on any atom is -0.469 e. The van der Waals surface area contributed by atoms with Crippen LogP contribution < -0.4 is 9.47 Å². The minimum absolute atomic E-state index is 0.00604. The molecule has 9 heteroatoms. The van der Waals surface area contributed by atoms with Gasteiger partial charge < -0.3 is 18.8 Å². The van der Waals surface area contributed by atoms with Gasteiger partial charge >= 0.3 is 0 Å². The number of nitrogens with zero attached hydrogens (tertiary/aromatic N) is 2. The van der Waals surface area contributed by atoms with Gasteiger partial charge in [-0.15, -0.1) is 0 Å². The van der Waals surface area contributed by atoms with Crippen molar-refractivity contribution in [1.82, 2.24) is 9.21 Å². The number of hydrogen-bond donors (Lipinski definition) is 0. The Hall–Kier alpha value is -2.52. The number of aryl methyl sites for hydroxylation is 1. The molecule has 1 aromatic heterocycles. The summed E-state index contributed by atoms with van der Waals surface area (Å²) in [5.74, 6) is 1.75. The van der Waals surface area contributed by atoms with Gasteiger partial charge in [-0.05, 0) is 24.3 Å². The van der Waals surface area contributed by atoms with E-state index >= 15 is 0 Å². The van der Waals surface area contributed by atoms with Crippen LogP contribution in [0.1, 0.15) is 12.2 Å². The van der Waals surface area contributed by atoms with Gasteiger partial charge in [0.05, 0.1) is 11.2 Å². The number of furan rings is 1. The summed E-state index contributed by atoms with van der Waals surface area (Å²) in [5.41, 5.74) is 0. The molecule has 1 fully saturated rings. The zero-order chi connectivity index (χ0) is 18.9. The molecule has 2 aliphatic rings. The van der Waals surface area contributed by atoms with E-state index in [0.29, 0.717) is 37.4 Å². The van der Waals surface area contributed by atoms with E-state index in [1.165, 1.54) is 16.4 Å². The largest absolute Gasteiger partial charge is 0.469 e. The van der Waals surface area contributed by atoms with Gasteiger partial charge in [0, 0.05) is 45.1 Å². The molecule has 4 rings (SSSR count). The molecule has 0 radical (unpaired) electrons. The zero-order valence-electron chi connectivity index (χ0n) is 14.7. The van der Waals surface area contributed by atoms with Crippen molar-refractivity contribution in [3.8, 4) is 11.5 Å². The average Bonchev–Trinajstić information content (AvgIpc) is 3.37. The van der Waals surface area contributed by atoms with Crippen LogP contribution in [0.3, 0.4) is 0 Å². The van der Waals surface area contributed by atoms with Crippen LogP contribution in [0.5, 0.6) is 11.5 Å². The van der Waals surface area contributed by atoms with E-state index in [1.54, 1.807) is 23.3 Å². The molecule has 0 spiro atoms. The molecule has 0 atom stereocenters. The van der Waals surface area contributed by atoms with E-state index in [0.717, 1.165) is 5.76 Å². The molecule has 1 amide bonds. The Morgan fingerprint density at radius 3 is 2.56 bits per heavy atom. The highest BCUT2D eigenvalue weighted by Gasteiger charge is 2.31. The Labute approximate surface area is 157 Å². The van der Waals surface area contributed by atoms with E-state index < -0.39 is 10.0 Å². The number of carbonyl (C=O) groups excluding carboxylic acids is 1. The number of rotatable bonds is 5. The van der Waals surface area contributed by atoms with Crippen LogP contribution in [0.25, 0.3) is 0 Å². The smallest absolute Gasteiger partial charge is 0.243 e. The highest BCUT2D eigenvalue weighted by atomic mass is 32.2. The molecular formula is C18H20N2O6S. The van der Waals surface area contributed by atoms with E-state index in [1.807, 2.05) is 6.07 Å². The van der Waals surface area contributed by atoms with Crippen molar-refractivity contribution in [2.45, 2.75) is 17.7 Å². The molecule has 0 unspecified atom stereocenters. The molecule has 1 aromatic carbocycles. The maximum absolute atomic E-state index is 12.9. The van der Waals surface area contributed by atoms with Crippen LogP contribution in [0.15, 0.2) is 45.9 Å². The lowest BCUT2D eigenvalue weighted by atomic mass is 10.2. The maximum Gasteiger partial charge on any atom is 0.243 e. The number of fused-ring (bicyclic) bond motifs is 1. The zero-order valence-corrected chi connectivity index (χ0v) is 15.5. The first-order chi connectivity index (χ1) is 13.0. The highest BCUT2D eigenvalue weighted by Crippen LogP contribution is 2.34. The topological polar surface area (TPSA) is 89.3 Å². The molecule has 27 heavy (non-hydrogen) atoms. The van der Waals surface area contributed by atoms with Gasteiger partial charge in [0.15, 0.2) is 11.5 Å². The number of benzene rings is 1. The summed E-state index contributed by atoms with van der Waals surface area (Å²) < 4.78 is 42.8. The molecule has 0 N–H and O–H groups in total. The lowest BCUT2D eigenvalue weighted by molar-refractivity contribution is -0.132. The van der Waals surface area contributed by atoms with Crippen LogP contribution in [0.2, 0.25) is 0 Å². The number of sulfonamides is 1. The second-order valence-corrected chi connectivity index (χ2v) is 8.32. The Morgan fingerprint density at radius 1 is 1.04 bits per heavy atom. The molecule has 1 saturated heterocycles. The van der Waals surface area contributed by atoms with Crippen molar-refractivity contribution in [1.29, 1.82) is 0 Å². The minimum atomic E-state index is -3.64. The number of amides is 1. The Kier molecular flexibility index (Phi) is 4.79. The molecular weight excluding hydrogens is 372 g/mol. The fraction of sp³-hybridized carbons (Fsp3) is 0.389. The van der Waals surface area contributed by atoms with Gasteiger partial charge in [-0.25, -0.2) is 8.42 Å². The summed E-state index contributed by atoms with van der Waals surface area (Å²) in [7, 11) is -3.64. The highest BCUT2D eigenvalue weighted by molar-refractivity contribution is 7.89. The predicted molar refractivity (Wildman–Crippen MR) is 94.9 cm³/mol. The van der Waals surface area contributed by atoms with E-state index in [9.17, 15) is 13.2 Å². The Bertz CT molecular complexity index is 917. The number of ether oxygens (including phenoxy) is 2. The van der Waals surface area contributed by atoms with Gasteiger partial charge in [0.1, 0.15) is 5.76 Å². The molecule has 8 nitrogen and oxygen atoms in total. The second-order valence-electron chi connectivity index (χ2n) is 6.38. The van der Waals surface area contributed by atoms with E-state index in [4.69, 9.17) is 13.9 Å². The van der Waals surface area contributed by atoms with Crippen LogP contribution in [-0.4, -0.2) is 56.5 Å². The average molecular weight is 392 g/mol. The first kappa shape index (κ1) is 17.9. The van der Waals surface area contributed by atoms with Gasteiger partial charge in [-0.3, -0.25) is 4.79 Å². The SMILES string of the molecule is O=C(CCc1ccco1)N1CCN(S(=O)(=O)c2ccc3c(c2)OCO3)CC1. The monoisotopic (exact) mass is 392 g/mol. The fourth-order valence-corrected chi connectivity index (χ4v) is 4.65. The van der Waals surface area contributed by atoms with E-state index in [2.05, 4.69) is 0 Å².